The van der Waals surface area contributed by atoms with Gasteiger partial charge in [-0.25, -0.2) is 0 Å². The molecular formula is C13H18O4. The molecule has 0 radical (unpaired) electrons. The zero-order chi connectivity index (χ0) is 12.5. The van der Waals surface area contributed by atoms with Crippen molar-refractivity contribution >= 4 is 11.9 Å². The molecule has 0 aromatic carbocycles. The van der Waals surface area contributed by atoms with E-state index in [1.165, 1.54) is 14.2 Å². The second kappa shape index (κ2) is 4.51. The molecule has 0 spiro atoms. The molecule has 17 heavy (non-hydrogen) atoms. The highest BCUT2D eigenvalue weighted by molar-refractivity contribution is 5.74. The van der Waals surface area contributed by atoms with Gasteiger partial charge in [0.05, 0.1) is 27.1 Å². The fraction of sp³-hybridized carbons (Fsp3) is 0.692. The fourth-order valence-corrected chi connectivity index (χ4v) is 3.24. The highest BCUT2D eigenvalue weighted by Gasteiger charge is 2.50. The van der Waals surface area contributed by atoms with Crippen molar-refractivity contribution in [2.45, 2.75) is 25.7 Å². The van der Waals surface area contributed by atoms with Crippen LogP contribution in [0.25, 0.3) is 0 Å². The third-order valence-electron chi connectivity index (χ3n) is 4.08. The molecule has 2 aliphatic rings. The number of carbonyl (C=O) groups is 2. The lowest BCUT2D eigenvalue weighted by Crippen LogP contribution is -2.32. The summed E-state index contributed by atoms with van der Waals surface area (Å²) >= 11 is 0. The van der Waals surface area contributed by atoms with Crippen molar-refractivity contribution in [2.24, 2.45) is 17.3 Å². The third-order valence-corrected chi connectivity index (χ3v) is 4.08. The summed E-state index contributed by atoms with van der Waals surface area (Å²) in [6.45, 7) is 0. The van der Waals surface area contributed by atoms with Crippen LogP contribution >= 0.6 is 0 Å². The molecule has 0 heterocycles. The summed E-state index contributed by atoms with van der Waals surface area (Å²) in [6, 6.07) is 0. The van der Waals surface area contributed by atoms with Gasteiger partial charge in [-0.15, -0.1) is 0 Å². The van der Waals surface area contributed by atoms with E-state index in [0.29, 0.717) is 24.7 Å². The summed E-state index contributed by atoms with van der Waals surface area (Å²) in [4.78, 5) is 23.0. The number of hydrogen-bond donors (Lipinski definition) is 0. The van der Waals surface area contributed by atoms with Crippen molar-refractivity contribution in [3.63, 3.8) is 0 Å². The maximum Gasteiger partial charge on any atom is 0.306 e. The average Bonchev–Trinajstić information content (AvgIpc) is 2.88. The lowest BCUT2D eigenvalue weighted by atomic mass is 9.71. The molecule has 0 N–H and O–H groups in total. The number of methoxy groups -OCH3 is 2. The van der Waals surface area contributed by atoms with Gasteiger partial charge in [-0.1, -0.05) is 12.2 Å². The molecular weight excluding hydrogens is 220 g/mol. The van der Waals surface area contributed by atoms with Crippen LogP contribution in [0, 0.1) is 17.3 Å². The fourth-order valence-electron chi connectivity index (χ4n) is 3.24. The van der Waals surface area contributed by atoms with Crippen molar-refractivity contribution in [2.75, 3.05) is 14.2 Å². The summed E-state index contributed by atoms with van der Waals surface area (Å²) in [7, 11) is 2.77. The third kappa shape index (κ3) is 2.21. The summed E-state index contributed by atoms with van der Waals surface area (Å²) < 4.78 is 9.49. The largest absolute Gasteiger partial charge is 0.469 e. The number of rotatable bonds is 4. The lowest BCUT2D eigenvalue weighted by Gasteiger charge is -2.33. The summed E-state index contributed by atoms with van der Waals surface area (Å²) in [5.41, 5.74) is -0.278. The van der Waals surface area contributed by atoms with Crippen LogP contribution in [-0.2, 0) is 19.1 Å². The maximum absolute atomic E-state index is 11.5. The van der Waals surface area contributed by atoms with Gasteiger partial charge in [0.1, 0.15) is 0 Å². The summed E-state index contributed by atoms with van der Waals surface area (Å²) in [6.07, 6.45) is 6.89. The Kier molecular flexibility index (Phi) is 3.22. The van der Waals surface area contributed by atoms with Gasteiger partial charge in [-0.3, -0.25) is 9.59 Å². The number of carbonyl (C=O) groups excluding carboxylic acids is 2. The SMILES string of the molecule is COC(=O)CC1(CC(=O)OC)CC2C=CC1C2. The first-order chi connectivity index (χ1) is 8.09. The van der Waals surface area contributed by atoms with Crippen molar-refractivity contribution in [1.82, 2.24) is 0 Å². The molecule has 2 atom stereocenters. The standard InChI is InChI=1S/C13H18O4/c1-16-11(14)7-13(8-12(15)17-2)6-9-3-4-10(13)5-9/h3-4,9-10H,5-8H2,1-2H3. The van der Waals surface area contributed by atoms with Crippen LogP contribution in [0.2, 0.25) is 0 Å². The molecule has 0 amide bonds. The van der Waals surface area contributed by atoms with Gasteiger partial charge in [0.25, 0.3) is 0 Å². The first-order valence-electron chi connectivity index (χ1n) is 5.91. The molecule has 1 fully saturated rings. The maximum atomic E-state index is 11.5. The molecule has 4 heteroatoms. The Balaban J connectivity index is 2.15. The first kappa shape index (κ1) is 12.1. The van der Waals surface area contributed by atoms with Gasteiger partial charge in [0, 0.05) is 0 Å². The Hall–Kier alpha value is -1.32. The van der Waals surface area contributed by atoms with Crippen molar-refractivity contribution in [3.8, 4) is 0 Å². The second-order valence-corrected chi connectivity index (χ2v) is 5.06. The highest BCUT2D eigenvalue weighted by atomic mass is 16.5. The van der Waals surface area contributed by atoms with Crippen molar-refractivity contribution in [1.29, 1.82) is 0 Å². The monoisotopic (exact) mass is 238 g/mol. The van der Waals surface area contributed by atoms with Gasteiger partial charge >= 0.3 is 11.9 Å². The molecule has 0 saturated heterocycles. The predicted octanol–water partition coefficient (Wildman–Crippen LogP) is 1.69. The second-order valence-electron chi connectivity index (χ2n) is 5.06. The molecule has 1 saturated carbocycles. The number of esters is 2. The topological polar surface area (TPSA) is 52.6 Å². The van der Waals surface area contributed by atoms with E-state index in [4.69, 9.17) is 9.47 Å². The normalized spacial score (nSPS) is 28.1. The molecule has 2 rings (SSSR count). The Morgan fingerprint density at radius 2 is 1.76 bits per heavy atom. The Morgan fingerprint density at radius 3 is 2.12 bits per heavy atom. The lowest BCUT2D eigenvalue weighted by molar-refractivity contribution is -0.148. The molecule has 2 bridgehead atoms. The van der Waals surface area contributed by atoms with Crippen molar-refractivity contribution in [3.05, 3.63) is 12.2 Å². The molecule has 4 nitrogen and oxygen atoms in total. The zero-order valence-corrected chi connectivity index (χ0v) is 10.3. The smallest absolute Gasteiger partial charge is 0.306 e. The Bertz CT molecular complexity index is 340. The zero-order valence-electron chi connectivity index (χ0n) is 10.3. The van der Waals surface area contributed by atoms with E-state index in [9.17, 15) is 9.59 Å². The van der Waals surface area contributed by atoms with Crippen LogP contribution in [-0.4, -0.2) is 26.2 Å². The van der Waals surface area contributed by atoms with E-state index >= 15 is 0 Å². The average molecular weight is 238 g/mol. The van der Waals surface area contributed by atoms with Crippen molar-refractivity contribution < 1.29 is 19.1 Å². The quantitative estimate of drug-likeness (QED) is 0.552. The minimum absolute atomic E-state index is 0.241. The Morgan fingerprint density at radius 1 is 1.18 bits per heavy atom. The van der Waals surface area contributed by atoms with E-state index < -0.39 is 0 Å². The molecule has 0 aromatic rings. The Labute approximate surface area is 101 Å². The molecule has 94 valence electrons. The van der Waals surface area contributed by atoms with Crippen LogP contribution in [0.15, 0.2) is 12.2 Å². The molecule has 2 unspecified atom stereocenters. The van der Waals surface area contributed by atoms with E-state index in [1.807, 2.05) is 0 Å². The number of hydrogen-bond acceptors (Lipinski definition) is 4. The van der Waals surface area contributed by atoms with Crippen LogP contribution < -0.4 is 0 Å². The minimum atomic E-state index is -0.278. The van der Waals surface area contributed by atoms with E-state index in [0.717, 1.165) is 12.8 Å². The first-order valence-corrected chi connectivity index (χ1v) is 5.91. The van der Waals surface area contributed by atoms with Crippen LogP contribution in [0.4, 0.5) is 0 Å². The molecule has 2 aliphatic carbocycles. The minimum Gasteiger partial charge on any atom is -0.469 e. The number of ether oxygens (including phenoxy) is 2. The van der Waals surface area contributed by atoms with Gasteiger partial charge in [-0.2, -0.15) is 0 Å². The van der Waals surface area contributed by atoms with Crippen LogP contribution in [0.1, 0.15) is 25.7 Å². The molecule has 0 aromatic heterocycles. The van der Waals surface area contributed by atoms with E-state index in [2.05, 4.69) is 12.2 Å². The summed E-state index contributed by atoms with van der Waals surface area (Å²) in [5.74, 6) is 0.338. The van der Waals surface area contributed by atoms with Gasteiger partial charge in [0.15, 0.2) is 0 Å². The van der Waals surface area contributed by atoms with E-state index in [-0.39, 0.29) is 17.4 Å². The predicted molar refractivity (Wildman–Crippen MR) is 61.1 cm³/mol. The van der Waals surface area contributed by atoms with Crippen LogP contribution in [0.5, 0.6) is 0 Å². The number of allylic oxidation sites excluding steroid dienone is 2. The van der Waals surface area contributed by atoms with Gasteiger partial charge in [-0.05, 0) is 30.1 Å². The van der Waals surface area contributed by atoms with E-state index in [1.54, 1.807) is 0 Å². The number of fused-ring (bicyclic) bond motifs is 2. The molecule has 0 aliphatic heterocycles. The van der Waals surface area contributed by atoms with Crippen LogP contribution in [0.3, 0.4) is 0 Å². The highest BCUT2D eigenvalue weighted by Crippen LogP contribution is 2.56. The van der Waals surface area contributed by atoms with Gasteiger partial charge < -0.3 is 9.47 Å². The summed E-state index contributed by atoms with van der Waals surface area (Å²) in [5, 5.41) is 0. The van der Waals surface area contributed by atoms with Gasteiger partial charge in [0.2, 0.25) is 0 Å².